The van der Waals surface area contributed by atoms with Gasteiger partial charge in [-0.1, -0.05) is 6.07 Å². The predicted octanol–water partition coefficient (Wildman–Crippen LogP) is 1.72. The van der Waals surface area contributed by atoms with Crippen molar-refractivity contribution in [2.24, 2.45) is 0 Å². The zero-order chi connectivity index (χ0) is 11.8. The molecule has 1 aromatic heterocycles. The molecule has 0 fully saturated rings. The highest BCUT2D eigenvalue weighted by Gasteiger charge is 2.39. The van der Waals surface area contributed by atoms with Crippen LogP contribution in [0.2, 0.25) is 0 Å². The fourth-order valence-corrected chi connectivity index (χ4v) is 1.10. The summed E-state index contributed by atoms with van der Waals surface area (Å²) in [5.74, 6) is -2.07. The zero-order valence-corrected chi connectivity index (χ0v) is 7.58. The van der Waals surface area contributed by atoms with Crippen LogP contribution in [-0.4, -0.2) is 22.4 Å². The smallest absolute Gasteiger partial charge is 0.316 e. The van der Waals surface area contributed by atoms with Crippen molar-refractivity contribution in [2.75, 3.05) is 5.32 Å². The minimum absolute atomic E-state index is 0.0695. The Morgan fingerprint density at radius 3 is 2.75 bits per heavy atom. The molecule has 0 aliphatic rings. The Morgan fingerprint density at radius 2 is 2.06 bits per heavy atom. The van der Waals surface area contributed by atoms with E-state index in [9.17, 15) is 18.0 Å². The zero-order valence-electron chi connectivity index (χ0n) is 7.58. The van der Waals surface area contributed by atoms with Gasteiger partial charge in [0.2, 0.25) is 0 Å². The maximum Gasteiger partial charge on any atom is 0.471 e. The largest absolute Gasteiger partial charge is 0.471 e. The number of nitrogens with one attached hydrogen (secondary N) is 1. The molecule has 0 bridgehead atoms. The molecule has 5 nitrogen and oxygen atoms in total. The first-order valence-electron chi connectivity index (χ1n) is 4.08. The predicted molar refractivity (Wildman–Crippen MR) is 46.5 cm³/mol. The summed E-state index contributed by atoms with van der Waals surface area (Å²) in [6, 6.07) is 4.20. The van der Waals surface area contributed by atoms with Crippen LogP contribution in [0.15, 0.2) is 22.8 Å². The van der Waals surface area contributed by atoms with E-state index in [1.807, 2.05) is 0 Å². The van der Waals surface area contributed by atoms with Crippen molar-refractivity contribution in [3.8, 4) is 0 Å². The highest BCUT2D eigenvalue weighted by molar-refractivity contribution is 6.01. The van der Waals surface area contributed by atoms with Crippen LogP contribution in [0.3, 0.4) is 0 Å². The Hall–Kier alpha value is -2.12. The molecule has 0 atom stereocenters. The van der Waals surface area contributed by atoms with Crippen molar-refractivity contribution in [2.45, 2.75) is 6.18 Å². The van der Waals surface area contributed by atoms with Gasteiger partial charge in [0.05, 0.1) is 5.69 Å². The van der Waals surface area contributed by atoms with Crippen LogP contribution < -0.4 is 5.32 Å². The summed E-state index contributed by atoms with van der Waals surface area (Å²) in [6.45, 7) is 0. The molecule has 1 aromatic carbocycles. The normalized spacial score (nSPS) is 11.7. The average Bonchev–Trinajstić information content (AvgIpc) is 2.65. The molecule has 0 spiro atoms. The van der Waals surface area contributed by atoms with Gasteiger partial charge in [-0.25, -0.2) is 4.63 Å². The molecule has 1 amide bonds. The Balaban J connectivity index is 2.35. The summed E-state index contributed by atoms with van der Waals surface area (Å²) in [5.41, 5.74) is 0.237. The summed E-state index contributed by atoms with van der Waals surface area (Å²) in [5, 5.41) is 8.50. The second kappa shape index (κ2) is 3.47. The molecule has 1 N–H and O–H groups in total. The number of amides is 1. The highest BCUT2D eigenvalue weighted by Crippen LogP contribution is 2.23. The van der Waals surface area contributed by atoms with E-state index in [1.165, 1.54) is 18.2 Å². The molecular weight excluding hydrogens is 227 g/mol. The van der Waals surface area contributed by atoms with Crippen molar-refractivity contribution in [1.29, 1.82) is 0 Å². The molecule has 0 aliphatic carbocycles. The molecule has 0 saturated heterocycles. The third-order valence-electron chi connectivity index (χ3n) is 1.79. The maximum atomic E-state index is 12.0. The molecule has 84 valence electrons. The summed E-state index contributed by atoms with van der Waals surface area (Å²) in [6.07, 6.45) is -4.95. The molecule has 1 heterocycles. The first kappa shape index (κ1) is 10.4. The fraction of sp³-hybridized carbons (Fsp3) is 0.125. The average molecular weight is 231 g/mol. The van der Waals surface area contributed by atoms with Gasteiger partial charge in [-0.05, 0) is 22.4 Å². The number of rotatable bonds is 1. The number of hydrogen-bond donors (Lipinski definition) is 1. The molecule has 0 aliphatic heterocycles. The van der Waals surface area contributed by atoms with E-state index in [1.54, 1.807) is 5.32 Å². The number of halogens is 3. The van der Waals surface area contributed by atoms with Crippen LogP contribution in [0.5, 0.6) is 0 Å². The summed E-state index contributed by atoms with van der Waals surface area (Å²) in [7, 11) is 0. The Kier molecular flexibility index (Phi) is 2.26. The molecule has 0 saturated carbocycles. The van der Waals surface area contributed by atoms with Crippen molar-refractivity contribution < 1.29 is 22.6 Å². The lowest BCUT2D eigenvalue weighted by atomic mass is 10.2. The number of benzene rings is 1. The lowest BCUT2D eigenvalue weighted by molar-refractivity contribution is -0.167. The number of fused-ring (bicyclic) bond motifs is 1. The van der Waals surface area contributed by atoms with E-state index in [-0.39, 0.29) is 16.7 Å². The van der Waals surface area contributed by atoms with Crippen molar-refractivity contribution in [3.05, 3.63) is 18.2 Å². The first-order valence-corrected chi connectivity index (χ1v) is 4.08. The quantitative estimate of drug-likeness (QED) is 0.811. The van der Waals surface area contributed by atoms with Crippen LogP contribution in [0, 0.1) is 0 Å². The van der Waals surface area contributed by atoms with Crippen molar-refractivity contribution in [3.63, 3.8) is 0 Å². The third kappa shape index (κ3) is 1.81. The molecule has 0 radical (unpaired) electrons. The number of nitrogens with zero attached hydrogens (tertiary/aromatic N) is 2. The van der Waals surface area contributed by atoms with E-state index in [0.29, 0.717) is 0 Å². The van der Waals surface area contributed by atoms with Gasteiger partial charge in [0.1, 0.15) is 5.52 Å². The van der Waals surface area contributed by atoms with Crippen molar-refractivity contribution >= 4 is 22.6 Å². The molecule has 8 heteroatoms. The number of anilines is 1. The molecule has 2 rings (SSSR count). The third-order valence-corrected chi connectivity index (χ3v) is 1.79. The maximum absolute atomic E-state index is 12.0. The Labute approximate surface area is 86.2 Å². The lowest BCUT2D eigenvalue weighted by Gasteiger charge is -2.07. The minimum Gasteiger partial charge on any atom is -0.316 e. The van der Waals surface area contributed by atoms with Gasteiger partial charge in [0.25, 0.3) is 0 Å². The van der Waals surface area contributed by atoms with Crippen molar-refractivity contribution in [1.82, 2.24) is 10.3 Å². The van der Waals surface area contributed by atoms with E-state index < -0.39 is 12.1 Å². The van der Waals surface area contributed by atoms with Gasteiger partial charge in [0.15, 0.2) is 5.52 Å². The molecule has 16 heavy (non-hydrogen) atoms. The van der Waals surface area contributed by atoms with E-state index in [0.717, 1.165) is 0 Å². The van der Waals surface area contributed by atoms with E-state index in [4.69, 9.17) is 0 Å². The Bertz CT molecular complexity index is 535. The summed E-state index contributed by atoms with van der Waals surface area (Å²) >= 11 is 0. The number of carbonyl (C=O) groups is 1. The summed E-state index contributed by atoms with van der Waals surface area (Å²) in [4.78, 5) is 10.7. The van der Waals surface area contributed by atoms with Gasteiger partial charge in [-0.15, -0.1) is 0 Å². The van der Waals surface area contributed by atoms with Gasteiger partial charge < -0.3 is 5.32 Å². The molecule has 2 aromatic rings. The standard InChI is InChI=1S/C8H4F3N3O2/c9-8(10,11)7(15)12-4-2-1-3-5-6(4)14-16-13-5/h1-3H,(H,12,15). The summed E-state index contributed by atoms with van der Waals surface area (Å²) < 4.78 is 40.3. The first-order chi connectivity index (χ1) is 7.48. The second-order valence-corrected chi connectivity index (χ2v) is 2.89. The highest BCUT2D eigenvalue weighted by atomic mass is 19.4. The monoisotopic (exact) mass is 231 g/mol. The SMILES string of the molecule is O=C(Nc1cccc2nonc12)C(F)(F)F. The van der Waals surface area contributed by atoms with Crippen LogP contribution in [0.4, 0.5) is 18.9 Å². The van der Waals surface area contributed by atoms with Gasteiger partial charge in [0, 0.05) is 0 Å². The van der Waals surface area contributed by atoms with Crippen LogP contribution >= 0.6 is 0 Å². The molecular formula is C8H4F3N3O2. The number of carbonyl (C=O) groups excluding carboxylic acids is 1. The number of hydrogen-bond acceptors (Lipinski definition) is 4. The van der Waals surface area contributed by atoms with E-state index >= 15 is 0 Å². The van der Waals surface area contributed by atoms with E-state index in [2.05, 4.69) is 14.9 Å². The lowest BCUT2D eigenvalue weighted by Crippen LogP contribution is -2.29. The van der Waals surface area contributed by atoms with Crippen LogP contribution in [-0.2, 0) is 4.79 Å². The minimum atomic E-state index is -4.95. The van der Waals surface area contributed by atoms with Gasteiger partial charge in [-0.2, -0.15) is 13.2 Å². The molecule has 0 unspecified atom stereocenters. The van der Waals surface area contributed by atoms with Gasteiger partial charge >= 0.3 is 12.1 Å². The van der Waals surface area contributed by atoms with Gasteiger partial charge in [-0.3, -0.25) is 4.79 Å². The van der Waals surface area contributed by atoms with Crippen LogP contribution in [0.1, 0.15) is 0 Å². The topological polar surface area (TPSA) is 68.0 Å². The number of aromatic nitrogens is 2. The fourth-order valence-electron chi connectivity index (χ4n) is 1.10. The number of alkyl halides is 3. The second-order valence-electron chi connectivity index (χ2n) is 2.89. The van der Waals surface area contributed by atoms with Crippen LogP contribution in [0.25, 0.3) is 11.0 Å². The Morgan fingerprint density at radius 1 is 1.31 bits per heavy atom.